The highest BCUT2D eigenvalue weighted by Gasteiger charge is 2.34. The third-order valence-electron chi connectivity index (χ3n) is 2.41. The van der Waals surface area contributed by atoms with Gasteiger partial charge in [-0.3, -0.25) is 9.59 Å². The van der Waals surface area contributed by atoms with Crippen LogP contribution in [0.15, 0.2) is 0 Å². The van der Waals surface area contributed by atoms with Gasteiger partial charge in [0.2, 0.25) is 11.8 Å². The van der Waals surface area contributed by atoms with Gasteiger partial charge in [-0.15, -0.1) is 11.6 Å². The number of likely N-dealkylation sites (tertiary alicyclic amines) is 1. The highest BCUT2D eigenvalue weighted by atomic mass is 35.5. The second kappa shape index (κ2) is 4.64. The predicted octanol–water partition coefficient (Wildman–Crippen LogP) is 0.304. The van der Waals surface area contributed by atoms with E-state index in [4.69, 9.17) is 11.6 Å². The normalized spacial score (nSPS) is 21.1. The van der Waals surface area contributed by atoms with Gasteiger partial charge in [0.1, 0.15) is 11.9 Å². The molecule has 2 amide bonds. The van der Waals surface area contributed by atoms with Crippen LogP contribution in [0.1, 0.15) is 12.8 Å². The Morgan fingerprint density at radius 3 is 2.64 bits per heavy atom. The second-order valence-corrected chi connectivity index (χ2v) is 3.88. The van der Waals surface area contributed by atoms with Crippen LogP contribution in [0.2, 0.25) is 0 Å². The first-order valence-corrected chi connectivity index (χ1v) is 5.18. The quantitative estimate of drug-likeness (QED) is 0.626. The number of hydrogen-bond donors (Lipinski definition) is 0. The molecule has 1 fully saturated rings. The van der Waals surface area contributed by atoms with Gasteiger partial charge < -0.3 is 9.80 Å². The van der Waals surface area contributed by atoms with Gasteiger partial charge in [0.05, 0.1) is 0 Å². The van der Waals surface area contributed by atoms with Crippen molar-refractivity contribution in [3.8, 4) is 0 Å². The molecule has 0 bridgehead atoms. The predicted molar refractivity (Wildman–Crippen MR) is 54.1 cm³/mol. The number of amides is 2. The zero-order chi connectivity index (χ0) is 10.7. The number of nitrogens with zero attached hydrogens (tertiary/aromatic N) is 2. The van der Waals surface area contributed by atoms with E-state index in [2.05, 4.69) is 0 Å². The Bertz CT molecular complexity index is 243. The van der Waals surface area contributed by atoms with Crippen LogP contribution in [-0.2, 0) is 9.59 Å². The van der Waals surface area contributed by atoms with E-state index in [0.717, 1.165) is 12.8 Å². The van der Waals surface area contributed by atoms with E-state index >= 15 is 0 Å². The molecule has 1 rings (SSSR count). The SMILES string of the molecule is CN(C)C(=O)C1CCCN1C(=O)CCl. The molecule has 14 heavy (non-hydrogen) atoms. The minimum atomic E-state index is -0.295. The van der Waals surface area contributed by atoms with E-state index < -0.39 is 0 Å². The molecule has 5 heteroatoms. The number of alkyl halides is 1. The van der Waals surface area contributed by atoms with Crippen molar-refractivity contribution in [2.75, 3.05) is 26.5 Å². The molecule has 0 aromatic heterocycles. The highest BCUT2D eigenvalue weighted by Crippen LogP contribution is 2.18. The van der Waals surface area contributed by atoms with Crippen molar-refractivity contribution >= 4 is 23.4 Å². The van der Waals surface area contributed by atoms with Gasteiger partial charge >= 0.3 is 0 Å². The fourth-order valence-electron chi connectivity index (χ4n) is 1.70. The number of rotatable bonds is 2. The van der Waals surface area contributed by atoms with Gasteiger partial charge in [-0.05, 0) is 12.8 Å². The monoisotopic (exact) mass is 218 g/mol. The summed E-state index contributed by atoms with van der Waals surface area (Å²) in [6, 6.07) is -0.295. The van der Waals surface area contributed by atoms with E-state index in [1.54, 1.807) is 19.0 Å². The molecule has 0 spiro atoms. The summed E-state index contributed by atoms with van der Waals surface area (Å²) in [5.74, 6) is -0.206. The van der Waals surface area contributed by atoms with Crippen LogP contribution in [0, 0.1) is 0 Å². The molecular formula is C9H15ClN2O2. The summed E-state index contributed by atoms with van der Waals surface area (Å²) in [4.78, 5) is 26.1. The molecule has 0 aromatic rings. The van der Waals surface area contributed by atoms with Gasteiger partial charge in [0.25, 0.3) is 0 Å². The Hall–Kier alpha value is -0.770. The van der Waals surface area contributed by atoms with Gasteiger partial charge in [0.15, 0.2) is 0 Å². The first-order chi connectivity index (χ1) is 6.57. The Balaban J connectivity index is 2.68. The molecule has 1 unspecified atom stereocenters. The van der Waals surface area contributed by atoms with E-state index in [-0.39, 0.29) is 23.7 Å². The fourth-order valence-corrected chi connectivity index (χ4v) is 1.85. The first-order valence-electron chi connectivity index (χ1n) is 4.64. The molecule has 0 N–H and O–H groups in total. The summed E-state index contributed by atoms with van der Waals surface area (Å²) in [5, 5.41) is 0. The molecular weight excluding hydrogens is 204 g/mol. The van der Waals surface area contributed by atoms with Gasteiger partial charge in [-0.25, -0.2) is 0 Å². The second-order valence-electron chi connectivity index (χ2n) is 3.61. The average Bonchev–Trinajstić information content (AvgIpc) is 2.63. The molecule has 1 heterocycles. The number of hydrogen-bond acceptors (Lipinski definition) is 2. The molecule has 0 aliphatic carbocycles. The first kappa shape index (κ1) is 11.3. The van der Waals surface area contributed by atoms with Crippen LogP contribution in [0.4, 0.5) is 0 Å². The van der Waals surface area contributed by atoms with Crippen LogP contribution in [0.25, 0.3) is 0 Å². The van der Waals surface area contributed by atoms with Crippen LogP contribution >= 0.6 is 11.6 Å². The molecule has 80 valence electrons. The van der Waals surface area contributed by atoms with Gasteiger partial charge in [0, 0.05) is 20.6 Å². The number of carbonyl (C=O) groups excluding carboxylic acids is 2. The van der Waals surface area contributed by atoms with Crippen LogP contribution < -0.4 is 0 Å². The van der Waals surface area contributed by atoms with E-state index in [1.165, 1.54) is 4.90 Å². The Morgan fingerprint density at radius 1 is 1.50 bits per heavy atom. The zero-order valence-electron chi connectivity index (χ0n) is 8.49. The lowest BCUT2D eigenvalue weighted by atomic mass is 10.2. The van der Waals surface area contributed by atoms with Crippen molar-refractivity contribution in [3.05, 3.63) is 0 Å². The lowest BCUT2D eigenvalue weighted by Gasteiger charge is -2.25. The molecule has 1 aliphatic heterocycles. The van der Waals surface area contributed by atoms with E-state index in [1.807, 2.05) is 0 Å². The Morgan fingerprint density at radius 2 is 2.14 bits per heavy atom. The molecule has 0 saturated carbocycles. The third kappa shape index (κ3) is 2.18. The van der Waals surface area contributed by atoms with Crippen molar-refractivity contribution in [2.24, 2.45) is 0 Å². The third-order valence-corrected chi connectivity index (χ3v) is 2.64. The number of carbonyl (C=O) groups is 2. The molecule has 4 nitrogen and oxygen atoms in total. The van der Waals surface area contributed by atoms with Crippen molar-refractivity contribution in [1.82, 2.24) is 9.80 Å². The average molecular weight is 219 g/mol. The minimum Gasteiger partial charge on any atom is -0.347 e. The van der Waals surface area contributed by atoms with E-state index in [0.29, 0.717) is 6.54 Å². The minimum absolute atomic E-state index is 0.0130. The van der Waals surface area contributed by atoms with Crippen molar-refractivity contribution < 1.29 is 9.59 Å². The topological polar surface area (TPSA) is 40.6 Å². The maximum Gasteiger partial charge on any atom is 0.244 e. The van der Waals surface area contributed by atoms with E-state index in [9.17, 15) is 9.59 Å². The fraction of sp³-hybridized carbons (Fsp3) is 0.778. The van der Waals surface area contributed by atoms with Crippen LogP contribution in [-0.4, -0.2) is 54.2 Å². The maximum atomic E-state index is 11.7. The number of halogens is 1. The standard InChI is InChI=1S/C9H15ClN2O2/c1-11(2)9(14)7-4-3-5-12(7)8(13)6-10/h7H,3-6H2,1-2H3. The summed E-state index contributed by atoms with van der Waals surface area (Å²) in [5.41, 5.74) is 0. The Kier molecular flexibility index (Phi) is 3.75. The zero-order valence-corrected chi connectivity index (χ0v) is 9.25. The summed E-state index contributed by atoms with van der Waals surface area (Å²) in [6.07, 6.45) is 1.63. The number of likely N-dealkylation sites (N-methyl/N-ethyl adjacent to an activating group) is 1. The molecule has 0 aromatic carbocycles. The van der Waals surface area contributed by atoms with Gasteiger partial charge in [-0.2, -0.15) is 0 Å². The highest BCUT2D eigenvalue weighted by molar-refractivity contribution is 6.27. The van der Waals surface area contributed by atoms with Gasteiger partial charge in [-0.1, -0.05) is 0 Å². The van der Waals surface area contributed by atoms with Crippen molar-refractivity contribution in [2.45, 2.75) is 18.9 Å². The molecule has 0 radical (unpaired) electrons. The lowest BCUT2D eigenvalue weighted by molar-refractivity contribution is -0.140. The summed E-state index contributed by atoms with van der Waals surface area (Å²) < 4.78 is 0. The van der Waals surface area contributed by atoms with Crippen LogP contribution in [0.5, 0.6) is 0 Å². The van der Waals surface area contributed by atoms with Crippen molar-refractivity contribution in [1.29, 1.82) is 0 Å². The molecule has 1 saturated heterocycles. The maximum absolute atomic E-state index is 11.7. The smallest absolute Gasteiger partial charge is 0.244 e. The largest absolute Gasteiger partial charge is 0.347 e. The van der Waals surface area contributed by atoms with Crippen molar-refractivity contribution in [3.63, 3.8) is 0 Å². The Labute approximate surface area is 88.8 Å². The summed E-state index contributed by atoms with van der Waals surface area (Å²) in [7, 11) is 3.40. The molecule has 1 atom stereocenters. The summed E-state index contributed by atoms with van der Waals surface area (Å²) >= 11 is 5.47. The molecule has 1 aliphatic rings. The summed E-state index contributed by atoms with van der Waals surface area (Å²) in [6.45, 7) is 0.649. The lowest BCUT2D eigenvalue weighted by Crippen LogP contribution is -2.45. The van der Waals surface area contributed by atoms with Crippen LogP contribution in [0.3, 0.4) is 0 Å².